The number of hydrogen-bond donors (Lipinski definition) is 1. The van der Waals surface area contributed by atoms with Crippen LogP contribution in [0.1, 0.15) is 39.8 Å². The van der Waals surface area contributed by atoms with Gasteiger partial charge in [-0.25, -0.2) is 0 Å². The summed E-state index contributed by atoms with van der Waals surface area (Å²) in [6, 6.07) is 0. The van der Waals surface area contributed by atoms with E-state index >= 15 is 0 Å². The van der Waals surface area contributed by atoms with Crippen molar-refractivity contribution in [2.75, 3.05) is 0 Å². The van der Waals surface area contributed by atoms with Crippen molar-refractivity contribution in [3.05, 3.63) is 16.7 Å². The second-order valence-corrected chi connectivity index (χ2v) is 6.20. The van der Waals surface area contributed by atoms with Gasteiger partial charge in [0.15, 0.2) is 4.77 Å². The Morgan fingerprint density at radius 3 is 2.60 bits per heavy atom. The molecule has 0 saturated heterocycles. The third-order valence-electron chi connectivity index (χ3n) is 3.33. The van der Waals surface area contributed by atoms with Crippen LogP contribution in [0, 0.1) is 16.6 Å². The third-order valence-corrected chi connectivity index (χ3v) is 3.67. The second-order valence-electron chi connectivity index (χ2n) is 5.81. The van der Waals surface area contributed by atoms with Gasteiger partial charge in [0.1, 0.15) is 0 Å². The first-order valence-corrected chi connectivity index (χ1v) is 6.09. The third kappa shape index (κ3) is 2.17. The topological polar surface area (TPSA) is 20.7 Å². The van der Waals surface area contributed by atoms with E-state index < -0.39 is 0 Å². The molecule has 2 nitrogen and oxygen atoms in total. The van der Waals surface area contributed by atoms with E-state index in [1.165, 1.54) is 12.1 Å². The van der Waals surface area contributed by atoms with E-state index in [2.05, 4.69) is 43.4 Å². The van der Waals surface area contributed by atoms with Crippen LogP contribution in [0.15, 0.2) is 6.20 Å². The lowest BCUT2D eigenvalue weighted by atomic mass is 9.92. The fraction of sp³-hybridized carbons (Fsp3) is 0.750. The molecule has 0 amide bonds. The zero-order valence-corrected chi connectivity index (χ0v) is 10.8. The van der Waals surface area contributed by atoms with E-state index in [9.17, 15) is 0 Å². The summed E-state index contributed by atoms with van der Waals surface area (Å²) in [5.41, 5.74) is 1.50. The molecule has 1 aliphatic rings. The van der Waals surface area contributed by atoms with Crippen molar-refractivity contribution < 1.29 is 0 Å². The summed E-state index contributed by atoms with van der Waals surface area (Å²) in [6.45, 7) is 10.1. The van der Waals surface area contributed by atoms with Crippen LogP contribution >= 0.6 is 12.2 Å². The van der Waals surface area contributed by atoms with Crippen molar-refractivity contribution in [1.82, 2.24) is 9.55 Å². The summed E-state index contributed by atoms with van der Waals surface area (Å²) in [4.78, 5) is 3.17. The molecule has 0 radical (unpaired) electrons. The zero-order valence-electron chi connectivity index (χ0n) is 10.0. The van der Waals surface area contributed by atoms with Crippen LogP contribution in [0.3, 0.4) is 0 Å². The number of imidazole rings is 1. The Kier molecular flexibility index (Phi) is 2.53. The molecule has 1 aromatic rings. The molecule has 15 heavy (non-hydrogen) atoms. The van der Waals surface area contributed by atoms with Crippen LogP contribution in [0.25, 0.3) is 0 Å². The fourth-order valence-electron chi connectivity index (χ4n) is 2.09. The number of aromatic nitrogens is 2. The highest BCUT2D eigenvalue weighted by Crippen LogP contribution is 2.39. The Bertz CT molecular complexity index is 408. The van der Waals surface area contributed by atoms with E-state index in [0.29, 0.717) is 0 Å². The molecule has 1 N–H and O–H groups in total. The van der Waals surface area contributed by atoms with Crippen LogP contribution in [-0.4, -0.2) is 9.55 Å². The van der Waals surface area contributed by atoms with Crippen LogP contribution in [0.5, 0.6) is 0 Å². The fourth-order valence-corrected chi connectivity index (χ4v) is 2.32. The normalized spacial score (nSPS) is 25.6. The van der Waals surface area contributed by atoms with E-state index in [0.717, 1.165) is 23.2 Å². The maximum atomic E-state index is 5.33. The first-order valence-electron chi connectivity index (χ1n) is 5.68. The maximum absolute atomic E-state index is 5.33. The highest BCUT2D eigenvalue weighted by molar-refractivity contribution is 7.71. The lowest BCUT2D eigenvalue weighted by molar-refractivity contribution is 0.489. The van der Waals surface area contributed by atoms with Gasteiger partial charge in [0.05, 0.1) is 0 Å². The molecule has 0 aromatic carbocycles. The van der Waals surface area contributed by atoms with Gasteiger partial charge in [-0.3, -0.25) is 0 Å². The lowest BCUT2D eigenvalue weighted by Crippen LogP contribution is -2.18. The van der Waals surface area contributed by atoms with Crippen LogP contribution < -0.4 is 0 Å². The first kappa shape index (κ1) is 10.9. The van der Waals surface area contributed by atoms with Crippen molar-refractivity contribution in [2.45, 2.75) is 46.1 Å². The summed E-state index contributed by atoms with van der Waals surface area (Å²) < 4.78 is 3.16. The summed E-state index contributed by atoms with van der Waals surface area (Å²) in [5.74, 6) is 1.73. The average Bonchev–Trinajstić information content (AvgIpc) is 2.63. The summed E-state index contributed by atoms with van der Waals surface area (Å²) in [6.07, 6.45) is 3.42. The Hall–Kier alpha value is -0.570. The standard InChI is InChI=1S/C12H20N2S/c1-8-5-9(8)7-14-10(12(2,3)4)6-13-11(14)15/h6,8-9H,5,7H2,1-4H3,(H,13,15). The summed E-state index contributed by atoms with van der Waals surface area (Å²) >= 11 is 5.33. The van der Waals surface area contributed by atoms with Gasteiger partial charge in [0, 0.05) is 23.9 Å². The predicted octanol–water partition coefficient (Wildman–Crippen LogP) is 3.50. The first-order chi connectivity index (χ1) is 6.89. The zero-order chi connectivity index (χ0) is 11.2. The maximum Gasteiger partial charge on any atom is 0.177 e. The summed E-state index contributed by atoms with van der Waals surface area (Å²) in [5, 5.41) is 0. The smallest absolute Gasteiger partial charge is 0.177 e. The number of aromatic amines is 1. The van der Waals surface area contributed by atoms with Gasteiger partial charge in [-0.1, -0.05) is 27.7 Å². The van der Waals surface area contributed by atoms with Crippen molar-refractivity contribution in [3.8, 4) is 0 Å². The largest absolute Gasteiger partial charge is 0.337 e. The van der Waals surface area contributed by atoms with Gasteiger partial charge >= 0.3 is 0 Å². The minimum absolute atomic E-state index is 0.172. The van der Waals surface area contributed by atoms with Gasteiger partial charge in [-0.05, 0) is 30.5 Å². The van der Waals surface area contributed by atoms with Gasteiger partial charge < -0.3 is 9.55 Å². The van der Waals surface area contributed by atoms with Crippen LogP contribution in [0.4, 0.5) is 0 Å². The second kappa shape index (κ2) is 3.48. The van der Waals surface area contributed by atoms with E-state index in [1.807, 2.05) is 0 Å². The monoisotopic (exact) mass is 224 g/mol. The lowest BCUT2D eigenvalue weighted by Gasteiger charge is -2.20. The number of H-pyrrole nitrogens is 1. The highest BCUT2D eigenvalue weighted by atomic mass is 32.1. The molecule has 0 spiro atoms. The molecule has 1 fully saturated rings. The predicted molar refractivity (Wildman–Crippen MR) is 65.6 cm³/mol. The van der Waals surface area contributed by atoms with Crippen LogP contribution in [-0.2, 0) is 12.0 Å². The summed E-state index contributed by atoms with van der Waals surface area (Å²) in [7, 11) is 0. The molecular weight excluding hydrogens is 204 g/mol. The molecule has 3 heteroatoms. The molecule has 2 rings (SSSR count). The molecular formula is C12H20N2S. The van der Waals surface area contributed by atoms with E-state index in [4.69, 9.17) is 12.2 Å². The van der Waals surface area contributed by atoms with Gasteiger partial charge in [-0.15, -0.1) is 0 Å². The number of hydrogen-bond acceptors (Lipinski definition) is 1. The van der Waals surface area contributed by atoms with Crippen LogP contribution in [0.2, 0.25) is 0 Å². The van der Waals surface area contributed by atoms with E-state index in [1.54, 1.807) is 0 Å². The average molecular weight is 224 g/mol. The minimum Gasteiger partial charge on any atom is -0.337 e. The Morgan fingerprint density at radius 1 is 1.53 bits per heavy atom. The molecule has 2 atom stereocenters. The highest BCUT2D eigenvalue weighted by Gasteiger charge is 2.34. The quantitative estimate of drug-likeness (QED) is 0.763. The SMILES string of the molecule is CC1CC1Cn1c(C(C)(C)C)c[nH]c1=S. The molecule has 1 heterocycles. The molecule has 84 valence electrons. The van der Waals surface area contributed by atoms with Crippen molar-refractivity contribution in [1.29, 1.82) is 0 Å². The Balaban J connectivity index is 2.28. The van der Waals surface area contributed by atoms with Crippen molar-refractivity contribution in [2.24, 2.45) is 11.8 Å². The Morgan fingerprint density at radius 2 is 2.13 bits per heavy atom. The van der Waals surface area contributed by atoms with Gasteiger partial charge in [-0.2, -0.15) is 0 Å². The molecule has 0 bridgehead atoms. The van der Waals surface area contributed by atoms with Gasteiger partial charge in [0.2, 0.25) is 0 Å². The Labute approximate surface area is 96.7 Å². The molecule has 1 aromatic heterocycles. The molecule has 0 aliphatic heterocycles. The number of nitrogens with one attached hydrogen (secondary N) is 1. The molecule has 1 aliphatic carbocycles. The minimum atomic E-state index is 0.172. The van der Waals surface area contributed by atoms with Crippen molar-refractivity contribution >= 4 is 12.2 Å². The van der Waals surface area contributed by atoms with E-state index in [-0.39, 0.29) is 5.41 Å². The number of rotatable bonds is 2. The molecule has 1 saturated carbocycles. The van der Waals surface area contributed by atoms with Gasteiger partial charge in [0.25, 0.3) is 0 Å². The van der Waals surface area contributed by atoms with Crippen molar-refractivity contribution in [3.63, 3.8) is 0 Å². The number of nitrogens with zero attached hydrogens (tertiary/aromatic N) is 1. The molecule has 2 unspecified atom stereocenters.